The number of fused-ring (bicyclic) bond motifs is 1. The molecule has 3 rings (SSSR count). The number of nitrogens with zero attached hydrogens (tertiary/aromatic N) is 5. The molecule has 1 atom stereocenters. The van der Waals surface area contributed by atoms with Crippen LogP contribution in [-0.2, 0) is 36.8 Å². The number of halogens is 3. The minimum Gasteiger partial charge on any atom is -0.475 e. The van der Waals surface area contributed by atoms with Gasteiger partial charge in [-0.2, -0.15) is 18.3 Å². The molecule has 2 aromatic heterocycles. The smallest absolute Gasteiger partial charge is 0.475 e. The summed E-state index contributed by atoms with van der Waals surface area (Å²) < 4.78 is 35.6. The molecule has 0 aromatic carbocycles. The molecule has 2 aromatic rings. The summed E-state index contributed by atoms with van der Waals surface area (Å²) in [5, 5.41) is 14.6. The van der Waals surface area contributed by atoms with Gasteiger partial charge in [0.1, 0.15) is 0 Å². The van der Waals surface area contributed by atoms with Crippen LogP contribution in [0.1, 0.15) is 42.5 Å². The lowest BCUT2D eigenvalue weighted by Gasteiger charge is -2.32. The van der Waals surface area contributed by atoms with E-state index in [1.165, 1.54) is 0 Å². The molecule has 172 valence electrons. The largest absolute Gasteiger partial charge is 0.490 e. The van der Waals surface area contributed by atoms with Gasteiger partial charge in [0.2, 0.25) is 5.91 Å². The zero-order valence-electron chi connectivity index (χ0n) is 18.1. The Balaban J connectivity index is 0.000000423. The van der Waals surface area contributed by atoms with Crippen LogP contribution in [0, 0.1) is 6.92 Å². The number of aromatic nitrogens is 4. The second-order valence-corrected chi connectivity index (χ2v) is 7.78. The van der Waals surface area contributed by atoms with E-state index >= 15 is 0 Å². The van der Waals surface area contributed by atoms with Crippen molar-refractivity contribution in [2.75, 3.05) is 6.54 Å². The Morgan fingerprint density at radius 2 is 1.94 bits per heavy atom. The number of imidazole rings is 1. The average Bonchev–Trinajstić information content (AvgIpc) is 3.15. The van der Waals surface area contributed by atoms with Crippen molar-refractivity contribution in [1.82, 2.24) is 29.5 Å². The maximum Gasteiger partial charge on any atom is 0.490 e. The van der Waals surface area contributed by atoms with Gasteiger partial charge in [-0.15, -0.1) is 0 Å². The average molecular weight is 444 g/mol. The van der Waals surface area contributed by atoms with Crippen molar-refractivity contribution >= 4 is 11.9 Å². The monoisotopic (exact) mass is 444 g/mol. The second kappa shape index (κ2) is 9.50. The standard InChI is InChI=1S/C17H26N6O.C2HF3O2/c1-11(2)19-17(24)14-8-23(7-13-6-12(3)20-22(13)5)9-15-16(14)21(4)10-18-15;3-2(4,5)1(6)7/h6,10-11,14H,7-9H2,1-5H3,(H,19,24);(H,6,7). The Kier molecular flexibility index (Phi) is 7.47. The lowest BCUT2D eigenvalue weighted by molar-refractivity contribution is -0.192. The quantitative estimate of drug-likeness (QED) is 0.744. The van der Waals surface area contributed by atoms with Crippen LogP contribution < -0.4 is 5.32 Å². The van der Waals surface area contributed by atoms with Crippen LogP contribution in [0.15, 0.2) is 12.4 Å². The van der Waals surface area contributed by atoms with Gasteiger partial charge in [-0.05, 0) is 26.8 Å². The molecule has 1 unspecified atom stereocenters. The summed E-state index contributed by atoms with van der Waals surface area (Å²) in [6.07, 6.45) is -3.28. The maximum absolute atomic E-state index is 12.7. The van der Waals surface area contributed by atoms with Gasteiger partial charge < -0.3 is 15.0 Å². The predicted molar refractivity (Wildman–Crippen MR) is 105 cm³/mol. The highest BCUT2D eigenvalue weighted by Gasteiger charge is 2.38. The van der Waals surface area contributed by atoms with E-state index in [0.29, 0.717) is 6.54 Å². The number of rotatable bonds is 4. The molecule has 0 spiro atoms. The number of hydrogen-bond acceptors (Lipinski definition) is 5. The highest BCUT2D eigenvalue weighted by Crippen LogP contribution is 2.28. The molecule has 0 radical (unpaired) electrons. The van der Waals surface area contributed by atoms with Gasteiger partial charge in [0.25, 0.3) is 0 Å². The Morgan fingerprint density at radius 1 is 1.32 bits per heavy atom. The van der Waals surface area contributed by atoms with Crippen LogP contribution in [-0.4, -0.2) is 60.0 Å². The number of carbonyl (C=O) groups is 2. The Bertz CT molecular complexity index is 935. The summed E-state index contributed by atoms with van der Waals surface area (Å²) in [7, 11) is 3.92. The zero-order chi connectivity index (χ0) is 23.5. The minimum absolute atomic E-state index is 0.0701. The number of carbonyl (C=O) groups excluding carboxylic acids is 1. The molecule has 3 heterocycles. The van der Waals surface area contributed by atoms with Crippen LogP contribution >= 0.6 is 0 Å². The molecule has 31 heavy (non-hydrogen) atoms. The fourth-order valence-corrected chi connectivity index (χ4v) is 3.43. The van der Waals surface area contributed by atoms with E-state index in [9.17, 15) is 18.0 Å². The summed E-state index contributed by atoms with van der Waals surface area (Å²) in [5.74, 6) is -2.88. The Labute approximate surface area is 177 Å². The van der Waals surface area contributed by atoms with Crippen molar-refractivity contribution < 1.29 is 27.9 Å². The fourth-order valence-electron chi connectivity index (χ4n) is 3.43. The van der Waals surface area contributed by atoms with E-state index in [4.69, 9.17) is 9.90 Å². The SMILES string of the molecule is Cc1cc(CN2Cc3ncn(C)c3C(C(=O)NC(C)C)C2)n(C)n1.O=C(O)C(F)(F)F. The van der Waals surface area contributed by atoms with Crippen molar-refractivity contribution in [3.05, 3.63) is 35.2 Å². The summed E-state index contributed by atoms with van der Waals surface area (Å²) >= 11 is 0. The molecular weight excluding hydrogens is 417 g/mol. The number of hydrogen-bond donors (Lipinski definition) is 2. The van der Waals surface area contributed by atoms with Crippen LogP contribution in [0.2, 0.25) is 0 Å². The number of nitrogens with one attached hydrogen (secondary N) is 1. The third-order valence-corrected chi connectivity index (χ3v) is 4.68. The maximum atomic E-state index is 12.7. The van der Waals surface area contributed by atoms with E-state index in [1.54, 1.807) is 6.33 Å². The second-order valence-electron chi connectivity index (χ2n) is 7.78. The van der Waals surface area contributed by atoms with E-state index in [1.807, 2.05) is 44.1 Å². The van der Waals surface area contributed by atoms with Crippen molar-refractivity contribution in [3.8, 4) is 0 Å². The first-order valence-corrected chi connectivity index (χ1v) is 9.62. The molecule has 1 aliphatic heterocycles. The summed E-state index contributed by atoms with van der Waals surface area (Å²) in [4.78, 5) is 28.4. The van der Waals surface area contributed by atoms with Crippen molar-refractivity contribution in [1.29, 1.82) is 0 Å². The Morgan fingerprint density at radius 3 is 2.42 bits per heavy atom. The van der Waals surface area contributed by atoms with Crippen molar-refractivity contribution in [2.24, 2.45) is 14.1 Å². The molecule has 12 heteroatoms. The minimum atomic E-state index is -5.08. The van der Waals surface area contributed by atoms with E-state index in [0.717, 1.165) is 35.9 Å². The predicted octanol–water partition coefficient (Wildman–Crippen LogP) is 1.72. The molecule has 0 saturated carbocycles. The van der Waals surface area contributed by atoms with Gasteiger partial charge in [0.15, 0.2) is 0 Å². The Hall–Kier alpha value is -2.89. The molecule has 0 bridgehead atoms. The van der Waals surface area contributed by atoms with Gasteiger partial charge >= 0.3 is 12.1 Å². The zero-order valence-corrected chi connectivity index (χ0v) is 18.1. The first-order chi connectivity index (χ1) is 14.3. The molecule has 1 amide bonds. The van der Waals surface area contributed by atoms with Crippen LogP contribution in [0.3, 0.4) is 0 Å². The molecule has 2 N–H and O–H groups in total. The third kappa shape index (κ3) is 6.29. The summed E-state index contributed by atoms with van der Waals surface area (Å²) in [6.45, 7) is 8.18. The molecule has 0 aliphatic carbocycles. The molecule has 1 aliphatic rings. The lowest BCUT2D eigenvalue weighted by atomic mass is 9.96. The van der Waals surface area contributed by atoms with Gasteiger partial charge in [-0.25, -0.2) is 9.78 Å². The van der Waals surface area contributed by atoms with Gasteiger partial charge in [-0.1, -0.05) is 0 Å². The fraction of sp³-hybridized carbons (Fsp3) is 0.579. The highest BCUT2D eigenvalue weighted by atomic mass is 19.4. The first kappa shape index (κ1) is 24.4. The van der Waals surface area contributed by atoms with E-state index in [-0.39, 0.29) is 17.9 Å². The van der Waals surface area contributed by atoms with Crippen molar-refractivity contribution in [2.45, 2.75) is 52.0 Å². The van der Waals surface area contributed by atoms with E-state index < -0.39 is 12.1 Å². The number of carboxylic acid groups (broad SMARTS) is 1. The summed E-state index contributed by atoms with van der Waals surface area (Å²) in [5.41, 5.74) is 4.18. The molecule has 0 saturated heterocycles. The van der Waals surface area contributed by atoms with Gasteiger partial charge in [0, 0.05) is 39.8 Å². The normalized spacial score (nSPS) is 16.5. The first-order valence-electron chi connectivity index (χ1n) is 9.62. The number of carboxylic acids is 1. The molecular formula is C19H27F3N6O3. The number of aryl methyl sites for hydroxylation is 3. The number of amides is 1. The third-order valence-electron chi connectivity index (χ3n) is 4.68. The lowest BCUT2D eigenvalue weighted by Crippen LogP contribution is -2.43. The van der Waals surface area contributed by atoms with Crippen LogP contribution in [0.25, 0.3) is 0 Å². The number of alkyl halides is 3. The van der Waals surface area contributed by atoms with E-state index in [2.05, 4.69) is 26.4 Å². The van der Waals surface area contributed by atoms with Gasteiger partial charge in [0.05, 0.1) is 35.0 Å². The number of aliphatic carboxylic acids is 1. The topological polar surface area (TPSA) is 105 Å². The molecule has 9 nitrogen and oxygen atoms in total. The van der Waals surface area contributed by atoms with Crippen molar-refractivity contribution in [3.63, 3.8) is 0 Å². The van der Waals surface area contributed by atoms with Gasteiger partial charge in [-0.3, -0.25) is 14.4 Å². The molecule has 0 fully saturated rings. The highest BCUT2D eigenvalue weighted by molar-refractivity contribution is 5.84. The summed E-state index contributed by atoms with van der Waals surface area (Å²) in [6, 6.07) is 2.22. The van der Waals surface area contributed by atoms with Crippen LogP contribution in [0.5, 0.6) is 0 Å². The van der Waals surface area contributed by atoms with Crippen LogP contribution in [0.4, 0.5) is 13.2 Å².